The molecule has 0 bridgehead atoms. The second-order valence-electron chi connectivity index (χ2n) is 5.82. The van der Waals surface area contributed by atoms with E-state index in [0.29, 0.717) is 22.0 Å². The van der Waals surface area contributed by atoms with E-state index < -0.39 is 11.9 Å². The third-order valence-corrected chi connectivity index (χ3v) is 4.07. The van der Waals surface area contributed by atoms with E-state index in [1.165, 1.54) is 0 Å². The van der Waals surface area contributed by atoms with Crippen LogP contribution in [0.1, 0.15) is 21.5 Å². The Balaban J connectivity index is 1.82. The van der Waals surface area contributed by atoms with E-state index in [1.54, 1.807) is 42.6 Å². The molecular formula is C20H16N4O2. The molecule has 0 saturated heterocycles. The van der Waals surface area contributed by atoms with Gasteiger partial charge in [-0.3, -0.25) is 14.6 Å². The molecule has 2 amide bonds. The average molecular weight is 344 g/mol. The molecule has 3 aromatic rings. The summed E-state index contributed by atoms with van der Waals surface area (Å²) in [6.07, 6.45) is 1.80. The highest BCUT2D eigenvalue weighted by molar-refractivity contribution is 6.07. The summed E-state index contributed by atoms with van der Waals surface area (Å²) in [5.74, 6) is -1.01. The Hall–Kier alpha value is -3.72. The summed E-state index contributed by atoms with van der Waals surface area (Å²) in [6.45, 7) is 0. The van der Waals surface area contributed by atoms with Gasteiger partial charge in [0, 0.05) is 18.0 Å². The number of fused-ring (bicyclic) bond motifs is 1. The topological polar surface area (TPSA) is 109 Å². The maximum atomic E-state index is 12.7. The molecule has 1 aromatic heterocycles. The number of nitrogens with one attached hydrogen (secondary N) is 1. The van der Waals surface area contributed by atoms with E-state index in [2.05, 4.69) is 10.3 Å². The zero-order valence-corrected chi connectivity index (χ0v) is 13.8. The summed E-state index contributed by atoms with van der Waals surface area (Å²) in [5.41, 5.74) is 7.91. The minimum atomic E-state index is -0.859. The van der Waals surface area contributed by atoms with Crippen LogP contribution in [0.25, 0.3) is 10.9 Å². The fourth-order valence-electron chi connectivity index (χ4n) is 2.70. The number of amides is 2. The predicted molar refractivity (Wildman–Crippen MR) is 97.1 cm³/mol. The molecule has 0 aliphatic heterocycles. The van der Waals surface area contributed by atoms with Crippen LogP contribution in [0.5, 0.6) is 0 Å². The minimum Gasteiger partial charge on any atom is -0.368 e. The summed E-state index contributed by atoms with van der Waals surface area (Å²) in [6, 6.07) is 16.9. The smallest absolute Gasteiger partial charge is 0.252 e. The van der Waals surface area contributed by atoms with Crippen LogP contribution in [0.4, 0.5) is 0 Å². The van der Waals surface area contributed by atoms with Crippen LogP contribution in [0, 0.1) is 11.3 Å². The van der Waals surface area contributed by atoms with Gasteiger partial charge in [-0.15, -0.1) is 0 Å². The van der Waals surface area contributed by atoms with Crippen LogP contribution in [0.15, 0.2) is 60.8 Å². The third kappa shape index (κ3) is 3.68. The van der Waals surface area contributed by atoms with Crippen molar-refractivity contribution >= 4 is 22.7 Å². The number of para-hydroxylation sites is 1. The Kier molecular flexibility index (Phi) is 4.90. The molecule has 0 aliphatic carbocycles. The molecule has 128 valence electrons. The molecule has 3 rings (SSSR count). The maximum Gasteiger partial charge on any atom is 0.252 e. The number of nitrogens with zero attached hydrogens (tertiary/aromatic N) is 2. The molecule has 0 aliphatic rings. The first-order valence-electron chi connectivity index (χ1n) is 8.01. The van der Waals surface area contributed by atoms with Crippen LogP contribution in [0.2, 0.25) is 0 Å². The number of benzene rings is 2. The summed E-state index contributed by atoms with van der Waals surface area (Å²) >= 11 is 0. The molecule has 3 N–H and O–H groups in total. The van der Waals surface area contributed by atoms with Gasteiger partial charge in [-0.2, -0.15) is 5.26 Å². The molecular weight excluding hydrogens is 328 g/mol. The van der Waals surface area contributed by atoms with E-state index in [-0.39, 0.29) is 12.3 Å². The molecule has 6 heteroatoms. The lowest BCUT2D eigenvalue weighted by atomic mass is 10.0. The van der Waals surface area contributed by atoms with E-state index in [9.17, 15) is 9.59 Å². The van der Waals surface area contributed by atoms with Gasteiger partial charge in [-0.05, 0) is 29.8 Å². The summed E-state index contributed by atoms with van der Waals surface area (Å²) < 4.78 is 0. The van der Waals surface area contributed by atoms with Crippen LogP contribution < -0.4 is 11.1 Å². The number of nitriles is 1. The van der Waals surface area contributed by atoms with Crippen molar-refractivity contribution < 1.29 is 9.59 Å². The van der Waals surface area contributed by atoms with Gasteiger partial charge in [0.05, 0.1) is 22.7 Å². The molecule has 2 aromatic carbocycles. The number of rotatable bonds is 5. The molecule has 1 heterocycles. The van der Waals surface area contributed by atoms with Crippen molar-refractivity contribution in [2.45, 2.75) is 12.5 Å². The zero-order valence-electron chi connectivity index (χ0n) is 13.8. The highest BCUT2D eigenvalue weighted by Crippen LogP contribution is 2.16. The second kappa shape index (κ2) is 7.45. The number of nitrogens with two attached hydrogens (primary N) is 1. The van der Waals surface area contributed by atoms with Crippen molar-refractivity contribution in [3.8, 4) is 6.07 Å². The molecule has 0 fully saturated rings. The first-order valence-corrected chi connectivity index (χ1v) is 8.01. The van der Waals surface area contributed by atoms with Crippen LogP contribution in [-0.4, -0.2) is 22.8 Å². The Morgan fingerprint density at radius 2 is 1.85 bits per heavy atom. The van der Waals surface area contributed by atoms with Gasteiger partial charge in [-0.25, -0.2) is 0 Å². The Morgan fingerprint density at radius 1 is 1.12 bits per heavy atom. The van der Waals surface area contributed by atoms with Gasteiger partial charge < -0.3 is 11.1 Å². The number of aromatic nitrogens is 1. The zero-order chi connectivity index (χ0) is 18.5. The van der Waals surface area contributed by atoms with E-state index in [4.69, 9.17) is 11.0 Å². The number of hydrogen-bond donors (Lipinski definition) is 2. The van der Waals surface area contributed by atoms with Crippen molar-refractivity contribution in [2.75, 3.05) is 0 Å². The summed E-state index contributed by atoms with van der Waals surface area (Å²) in [5, 5.41) is 12.2. The Bertz CT molecular complexity index is 1000. The number of carbonyl (C=O) groups is 2. The monoisotopic (exact) mass is 344 g/mol. The largest absolute Gasteiger partial charge is 0.368 e. The molecule has 26 heavy (non-hydrogen) atoms. The third-order valence-electron chi connectivity index (χ3n) is 4.07. The number of carbonyl (C=O) groups excluding carboxylic acids is 2. The Morgan fingerprint density at radius 3 is 2.54 bits per heavy atom. The van der Waals surface area contributed by atoms with Crippen molar-refractivity contribution in [2.24, 2.45) is 5.73 Å². The lowest BCUT2D eigenvalue weighted by Gasteiger charge is -2.16. The van der Waals surface area contributed by atoms with E-state index in [1.807, 2.05) is 24.3 Å². The van der Waals surface area contributed by atoms with Gasteiger partial charge in [0.15, 0.2) is 0 Å². The number of hydrogen-bond acceptors (Lipinski definition) is 4. The summed E-state index contributed by atoms with van der Waals surface area (Å²) in [4.78, 5) is 28.7. The highest BCUT2D eigenvalue weighted by Gasteiger charge is 2.20. The predicted octanol–water partition coefficient (Wildman–Crippen LogP) is 1.93. The van der Waals surface area contributed by atoms with Crippen molar-refractivity contribution in [3.63, 3.8) is 0 Å². The van der Waals surface area contributed by atoms with Crippen LogP contribution >= 0.6 is 0 Å². The summed E-state index contributed by atoms with van der Waals surface area (Å²) in [7, 11) is 0. The molecule has 0 radical (unpaired) electrons. The van der Waals surface area contributed by atoms with Crippen molar-refractivity contribution in [1.82, 2.24) is 10.3 Å². The highest BCUT2D eigenvalue weighted by atomic mass is 16.2. The molecule has 6 nitrogen and oxygen atoms in total. The lowest BCUT2D eigenvalue weighted by molar-refractivity contribution is -0.119. The van der Waals surface area contributed by atoms with Crippen LogP contribution in [-0.2, 0) is 11.2 Å². The van der Waals surface area contributed by atoms with Gasteiger partial charge in [0.25, 0.3) is 5.91 Å². The number of primary amides is 1. The van der Waals surface area contributed by atoms with Crippen LogP contribution in [0.3, 0.4) is 0 Å². The van der Waals surface area contributed by atoms with Gasteiger partial charge in [0.2, 0.25) is 5.91 Å². The molecule has 0 unspecified atom stereocenters. The number of pyridine rings is 1. The quantitative estimate of drug-likeness (QED) is 0.737. The molecule has 0 spiro atoms. The van der Waals surface area contributed by atoms with Gasteiger partial charge >= 0.3 is 0 Å². The Labute approximate surface area is 150 Å². The minimum absolute atomic E-state index is 0.246. The lowest BCUT2D eigenvalue weighted by Crippen LogP contribution is -2.45. The maximum absolute atomic E-state index is 12.7. The second-order valence-corrected chi connectivity index (χ2v) is 5.82. The van der Waals surface area contributed by atoms with Gasteiger partial charge in [-0.1, -0.05) is 30.3 Å². The fourth-order valence-corrected chi connectivity index (χ4v) is 2.70. The van der Waals surface area contributed by atoms with Crippen molar-refractivity contribution in [1.29, 1.82) is 5.26 Å². The van der Waals surface area contributed by atoms with E-state index in [0.717, 1.165) is 5.56 Å². The molecule has 1 atom stereocenters. The first-order chi connectivity index (χ1) is 12.6. The molecule has 0 saturated carbocycles. The van der Waals surface area contributed by atoms with Gasteiger partial charge in [0.1, 0.15) is 6.04 Å². The first kappa shape index (κ1) is 17.1. The fraction of sp³-hybridized carbons (Fsp3) is 0.100. The standard InChI is InChI=1S/C20H16N4O2/c21-12-14-7-5-13(6-8-14)11-18(19(22)25)24-20(26)16-9-10-23-17-4-2-1-3-15(16)17/h1-10,18H,11H2,(H2,22,25)(H,24,26)/t18-/m1/s1. The SMILES string of the molecule is N#Cc1ccc(C[C@@H](NC(=O)c2ccnc3ccccc23)C(N)=O)cc1. The van der Waals surface area contributed by atoms with Crippen molar-refractivity contribution in [3.05, 3.63) is 77.5 Å². The van der Waals surface area contributed by atoms with E-state index >= 15 is 0 Å². The normalized spacial score (nSPS) is 11.5. The average Bonchev–Trinajstić information content (AvgIpc) is 2.67.